The summed E-state index contributed by atoms with van der Waals surface area (Å²) in [4.78, 5) is 22.1. The topological polar surface area (TPSA) is 93.3 Å². The molecule has 1 N–H and O–H groups in total. The average molecular weight is 445 g/mol. The van der Waals surface area contributed by atoms with Crippen molar-refractivity contribution in [2.24, 2.45) is 7.05 Å². The lowest BCUT2D eigenvalue weighted by Gasteiger charge is -2.41. The monoisotopic (exact) mass is 444 g/mol. The third-order valence-corrected chi connectivity index (χ3v) is 6.81. The fourth-order valence-electron chi connectivity index (χ4n) is 4.96. The maximum absolute atomic E-state index is 13.2. The molecule has 0 atom stereocenters. The number of hydrogen-bond donors (Lipinski definition) is 1. The van der Waals surface area contributed by atoms with Gasteiger partial charge in [-0.25, -0.2) is 14.5 Å². The maximum atomic E-state index is 13.2. The second kappa shape index (κ2) is 9.58. The van der Waals surface area contributed by atoms with Crippen LogP contribution in [0.3, 0.4) is 0 Å². The molecule has 2 aromatic heterocycles. The predicted molar refractivity (Wildman–Crippen MR) is 122 cm³/mol. The van der Waals surface area contributed by atoms with E-state index in [4.69, 9.17) is 4.74 Å². The van der Waals surface area contributed by atoms with Crippen LogP contribution >= 0.6 is 0 Å². The molecular weight excluding hydrogens is 408 g/mol. The number of hydrogen-bond acceptors (Lipinski definition) is 6. The Kier molecular flexibility index (Phi) is 6.80. The van der Waals surface area contributed by atoms with Crippen molar-refractivity contribution < 1.29 is 9.53 Å². The van der Waals surface area contributed by atoms with Crippen LogP contribution in [0.15, 0.2) is 0 Å². The van der Waals surface area contributed by atoms with Gasteiger partial charge in [0.15, 0.2) is 5.82 Å². The van der Waals surface area contributed by atoms with E-state index in [1.807, 2.05) is 39.8 Å². The Morgan fingerprint density at radius 3 is 2.44 bits per heavy atom. The minimum atomic E-state index is -0.104. The maximum Gasteiger partial charge on any atom is 0.321 e. The zero-order chi connectivity index (χ0) is 22.8. The summed E-state index contributed by atoms with van der Waals surface area (Å²) in [5, 5.41) is 12.3. The Labute approximate surface area is 189 Å². The second-order valence-corrected chi connectivity index (χ2v) is 8.89. The lowest BCUT2D eigenvalue weighted by atomic mass is 9.99. The SMILES string of the molecule is CCc1nn(C)c(-n2nc(C)nc2C)c1NC(=O)N(C)C1CCN(C2CCOCC2)CC1. The smallest absolute Gasteiger partial charge is 0.321 e. The first-order valence-electron chi connectivity index (χ1n) is 11.7. The molecule has 2 aliphatic heterocycles. The van der Waals surface area contributed by atoms with E-state index >= 15 is 0 Å². The van der Waals surface area contributed by atoms with E-state index in [9.17, 15) is 4.79 Å². The molecule has 2 aromatic rings. The highest BCUT2D eigenvalue weighted by atomic mass is 16.5. The van der Waals surface area contributed by atoms with Gasteiger partial charge >= 0.3 is 6.03 Å². The summed E-state index contributed by atoms with van der Waals surface area (Å²) in [5.74, 6) is 2.18. The first-order valence-corrected chi connectivity index (χ1v) is 11.7. The van der Waals surface area contributed by atoms with Gasteiger partial charge < -0.3 is 19.9 Å². The van der Waals surface area contributed by atoms with Crippen LogP contribution in [-0.4, -0.2) is 85.8 Å². The molecule has 2 saturated heterocycles. The van der Waals surface area contributed by atoms with Crippen molar-refractivity contribution in [3.63, 3.8) is 0 Å². The molecule has 0 aromatic carbocycles. The number of amides is 2. The Balaban J connectivity index is 1.45. The van der Waals surface area contributed by atoms with Crippen LogP contribution in [-0.2, 0) is 18.2 Å². The molecule has 0 radical (unpaired) electrons. The molecule has 2 fully saturated rings. The van der Waals surface area contributed by atoms with E-state index in [2.05, 4.69) is 25.4 Å². The van der Waals surface area contributed by atoms with Crippen LogP contribution in [0.25, 0.3) is 5.82 Å². The fraction of sp³-hybridized carbons (Fsp3) is 0.727. The van der Waals surface area contributed by atoms with Crippen molar-refractivity contribution >= 4 is 11.7 Å². The molecule has 4 heterocycles. The molecule has 176 valence electrons. The fourth-order valence-corrected chi connectivity index (χ4v) is 4.96. The molecule has 2 amide bonds. The first kappa shape index (κ1) is 22.7. The minimum absolute atomic E-state index is 0.104. The third-order valence-electron chi connectivity index (χ3n) is 6.81. The Morgan fingerprint density at radius 2 is 1.84 bits per heavy atom. The van der Waals surface area contributed by atoms with E-state index in [0.29, 0.717) is 24.0 Å². The molecule has 0 unspecified atom stereocenters. The summed E-state index contributed by atoms with van der Waals surface area (Å²) in [6.07, 6.45) is 4.92. The van der Waals surface area contributed by atoms with Gasteiger partial charge in [-0.05, 0) is 46.0 Å². The number of piperidine rings is 1. The lowest BCUT2D eigenvalue weighted by molar-refractivity contribution is 0.0190. The van der Waals surface area contributed by atoms with Crippen LogP contribution < -0.4 is 5.32 Å². The van der Waals surface area contributed by atoms with Gasteiger partial charge in [0.2, 0.25) is 0 Å². The van der Waals surface area contributed by atoms with Crippen LogP contribution in [0.1, 0.15) is 49.9 Å². The van der Waals surface area contributed by atoms with Crippen LogP contribution in [0.2, 0.25) is 0 Å². The van der Waals surface area contributed by atoms with E-state index in [0.717, 1.165) is 69.3 Å². The van der Waals surface area contributed by atoms with Gasteiger partial charge in [-0.1, -0.05) is 6.92 Å². The third kappa shape index (κ3) is 4.52. The molecule has 0 spiro atoms. The molecule has 0 bridgehead atoms. The average Bonchev–Trinajstić information content (AvgIpc) is 3.30. The van der Waals surface area contributed by atoms with Gasteiger partial charge in [0.1, 0.15) is 17.3 Å². The number of aryl methyl sites for hydroxylation is 4. The summed E-state index contributed by atoms with van der Waals surface area (Å²) in [6, 6.07) is 0.753. The van der Waals surface area contributed by atoms with Gasteiger partial charge in [0, 0.05) is 52.5 Å². The van der Waals surface area contributed by atoms with Crippen molar-refractivity contribution in [2.45, 2.75) is 65.0 Å². The first-order chi connectivity index (χ1) is 15.4. The van der Waals surface area contributed by atoms with E-state index < -0.39 is 0 Å². The summed E-state index contributed by atoms with van der Waals surface area (Å²) in [5.41, 5.74) is 1.55. The molecule has 10 heteroatoms. The molecule has 2 aliphatic rings. The molecule has 0 aliphatic carbocycles. The summed E-state index contributed by atoms with van der Waals surface area (Å²) >= 11 is 0. The quantitative estimate of drug-likeness (QED) is 0.761. The minimum Gasteiger partial charge on any atom is -0.381 e. The zero-order valence-electron chi connectivity index (χ0n) is 20.0. The van der Waals surface area contributed by atoms with Crippen LogP contribution in [0.5, 0.6) is 0 Å². The normalized spacial score (nSPS) is 18.8. The Hall–Kier alpha value is -2.46. The number of anilines is 1. The number of urea groups is 1. The molecule has 32 heavy (non-hydrogen) atoms. The van der Waals surface area contributed by atoms with E-state index in [1.54, 1.807) is 9.36 Å². The summed E-state index contributed by atoms with van der Waals surface area (Å²) < 4.78 is 9.02. The standard InChI is InChI=1S/C22H36N8O2/c1-6-19-20(21(28(5)26-19)30-16(3)23-15(2)25-30)24-22(31)27(4)17-7-11-29(12-8-17)18-9-13-32-14-10-18/h17-18H,6-14H2,1-5H3,(H,24,31). The van der Waals surface area contributed by atoms with Gasteiger partial charge in [-0.3, -0.25) is 0 Å². The highest BCUT2D eigenvalue weighted by Crippen LogP contribution is 2.27. The largest absolute Gasteiger partial charge is 0.381 e. The molecule has 0 saturated carbocycles. The second-order valence-electron chi connectivity index (χ2n) is 8.89. The predicted octanol–water partition coefficient (Wildman–Crippen LogP) is 2.29. The highest BCUT2D eigenvalue weighted by molar-refractivity contribution is 5.92. The number of rotatable bonds is 5. The Bertz CT molecular complexity index is 938. The summed E-state index contributed by atoms with van der Waals surface area (Å²) in [6.45, 7) is 9.60. The summed E-state index contributed by atoms with van der Waals surface area (Å²) in [7, 11) is 3.77. The lowest BCUT2D eigenvalue weighted by Crippen LogP contribution is -2.50. The number of nitrogens with zero attached hydrogens (tertiary/aromatic N) is 7. The van der Waals surface area contributed by atoms with E-state index in [-0.39, 0.29) is 12.1 Å². The van der Waals surface area contributed by atoms with Gasteiger partial charge in [0.25, 0.3) is 0 Å². The molecule has 4 rings (SSSR count). The number of aromatic nitrogens is 5. The van der Waals surface area contributed by atoms with Crippen molar-refractivity contribution in [2.75, 3.05) is 38.7 Å². The zero-order valence-corrected chi connectivity index (χ0v) is 20.0. The van der Waals surface area contributed by atoms with Gasteiger partial charge in [0.05, 0.1) is 5.69 Å². The van der Waals surface area contributed by atoms with Crippen molar-refractivity contribution in [1.29, 1.82) is 0 Å². The van der Waals surface area contributed by atoms with Crippen LogP contribution in [0, 0.1) is 13.8 Å². The van der Waals surface area contributed by atoms with E-state index in [1.165, 1.54) is 0 Å². The van der Waals surface area contributed by atoms with Crippen LogP contribution in [0.4, 0.5) is 10.5 Å². The van der Waals surface area contributed by atoms with Crippen molar-refractivity contribution in [3.05, 3.63) is 17.3 Å². The number of carbonyl (C=O) groups is 1. The molecule has 10 nitrogen and oxygen atoms in total. The number of likely N-dealkylation sites (tertiary alicyclic amines) is 1. The number of ether oxygens (including phenoxy) is 1. The molecular formula is C22H36N8O2. The van der Waals surface area contributed by atoms with Crippen molar-refractivity contribution in [1.82, 2.24) is 34.3 Å². The van der Waals surface area contributed by atoms with Gasteiger partial charge in [-0.15, -0.1) is 5.10 Å². The highest BCUT2D eigenvalue weighted by Gasteiger charge is 2.31. The number of nitrogens with one attached hydrogen (secondary N) is 1. The van der Waals surface area contributed by atoms with Crippen molar-refractivity contribution in [3.8, 4) is 5.82 Å². The van der Waals surface area contributed by atoms with Gasteiger partial charge in [-0.2, -0.15) is 9.78 Å². The Morgan fingerprint density at radius 1 is 1.16 bits per heavy atom. The number of carbonyl (C=O) groups excluding carboxylic acids is 1.